The largest absolute Gasteiger partial charge is 0.496 e. The molecule has 0 saturated carbocycles. The standard InChI is InChI=1S/C23H19ClFNO5/c1-28-22-10-5-16(11-17(22)14-29-20-8-6-19(25)7-9-20)13-26-31-23(27)15-30-21-4-2-3-18(24)12-21/h2-13H,14-15H2,1H3. The SMILES string of the molecule is COc1ccc(C=NOC(=O)COc2cccc(Cl)c2)cc1COc1ccc(F)cc1. The van der Waals surface area contributed by atoms with Crippen molar-refractivity contribution in [1.29, 1.82) is 0 Å². The number of ether oxygens (including phenoxy) is 3. The summed E-state index contributed by atoms with van der Waals surface area (Å²) >= 11 is 5.86. The molecule has 0 N–H and O–H groups in total. The summed E-state index contributed by atoms with van der Waals surface area (Å²) in [4.78, 5) is 16.6. The van der Waals surface area contributed by atoms with Crippen LogP contribution >= 0.6 is 11.6 Å². The molecule has 31 heavy (non-hydrogen) atoms. The van der Waals surface area contributed by atoms with Crippen LogP contribution < -0.4 is 14.2 Å². The number of carbonyl (C=O) groups is 1. The molecule has 0 bridgehead atoms. The monoisotopic (exact) mass is 443 g/mol. The molecule has 3 rings (SSSR count). The fourth-order valence-electron chi connectivity index (χ4n) is 2.55. The summed E-state index contributed by atoms with van der Waals surface area (Å²) in [6, 6.07) is 17.7. The van der Waals surface area contributed by atoms with E-state index in [2.05, 4.69) is 5.16 Å². The van der Waals surface area contributed by atoms with E-state index in [4.69, 9.17) is 30.6 Å². The molecule has 3 aromatic rings. The lowest BCUT2D eigenvalue weighted by atomic mass is 10.1. The number of benzene rings is 3. The van der Waals surface area contributed by atoms with Gasteiger partial charge < -0.3 is 19.0 Å². The molecular formula is C23H19ClFNO5. The Morgan fingerprint density at radius 1 is 1.03 bits per heavy atom. The molecule has 0 aromatic heterocycles. The average molecular weight is 444 g/mol. The smallest absolute Gasteiger partial charge is 0.372 e. The van der Waals surface area contributed by atoms with Gasteiger partial charge in [0.05, 0.1) is 13.3 Å². The first kappa shape index (κ1) is 22.1. The Morgan fingerprint density at radius 2 is 1.84 bits per heavy atom. The second-order valence-corrected chi connectivity index (χ2v) is 6.69. The number of carbonyl (C=O) groups excluding carboxylic acids is 1. The summed E-state index contributed by atoms with van der Waals surface area (Å²) in [5, 5.41) is 4.19. The van der Waals surface area contributed by atoms with Gasteiger partial charge in [-0.3, -0.25) is 0 Å². The molecule has 0 heterocycles. The fraction of sp³-hybridized carbons (Fsp3) is 0.130. The summed E-state index contributed by atoms with van der Waals surface area (Å²) in [5.74, 6) is 0.594. The quantitative estimate of drug-likeness (QED) is 0.264. The van der Waals surface area contributed by atoms with Crippen LogP contribution in [0.5, 0.6) is 17.2 Å². The van der Waals surface area contributed by atoms with Crippen LogP contribution in [0, 0.1) is 5.82 Å². The summed E-state index contributed by atoms with van der Waals surface area (Å²) in [7, 11) is 1.55. The molecule has 0 unspecified atom stereocenters. The first-order valence-electron chi connectivity index (χ1n) is 9.20. The van der Waals surface area contributed by atoms with Crippen molar-refractivity contribution in [3.8, 4) is 17.2 Å². The van der Waals surface area contributed by atoms with Crippen molar-refractivity contribution in [3.63, 3.8) is 0 Å². The number of hydrogen-bond donors (Lipinski definition) is 0. The molecule has 0 amide bonds. The Kier molecular flexibility index (Phi) is 7.84. The molecule has 6 nitrogen and oxygen atoms in total. The molecule has 0 spiro atoms. The lowest BCUT2D eigenvalue weighted by Gasteiger charge is -2.11. The zero-order valence-electron chi connectivity index (χ0n) is 16.6. The van der Waals surface area contributed by atoms with Gasteiger partial charge in [0.15, 0.2) is 6.61 Å². The van der Waals surface area contributed by atoms with Crippen LogP contribution in [-0.2, 0) is 16.2 Å². The highest BCUT2D eigenvalue weighted by Crippen LogP contribution is 2.22. The molecule has 0 aliphatic heterocycles. The van der Waals surface area contributed by atoms with Crippen molar-refractivity contribution in [1.82, 2.24) is 0 Å². The highest BCUT2D eigenvalue weighted by atomic mass is 35.5. The second-order valence-electron chi connectivity index (χ2n) is 6.26. The van der Waals surface area contributed by atoms with E-state index in [0.717, 1.165) is 5.56 Å². The van der Waals surface area contributed by atoms with E-state index in [1.54, 1.807) is 49.6 Å². The molecule has 0 saturated heterocycles. The molecule has 3 aromatic carbocycles. The first-order valence-corrected chi connectivity index (χ1v) is 9.58. The Labute approximate surface area is 183 Å². The minimum Gasteiger partial charge on any atom is -0.496 e. The van der Waals surface area contributed by atoms with E-state index < -0.39 is 5.97 Å². The minimum absolute atomic E-state index is 0.198. The van der Waals surface area contributed by atoms with Crippen molar-refractivity contribution < 1.29 is 28.2 Å². The van der Waals surface area contributed by atoms with Crippen molar-refractivity contribution in [3.05, 3.63) is 88.7 Å². The van der Waals surface area contributed by atoms with Crippen molar-refractivity contribution in [2.24, 2.45) is 5.16 Å². The van der Waals surface area contributed by atoms with Gasteiger partial charge >= 0.3 is 5.97 Å². The normalized spacial score (nSPS) is 10.7. The zero-order valence-corrected chi connectivity index (χ0v) is 17.3. The third-order valence-corrected chi connectivity index (χ3v) is 4.26. The Morgan fingerprint density at radius 3 is 2.58 bits per heavy atom. The van der Waals surface area contributed by atoms with Crippen LogP contribution in [0.4, 0.5) is 4.39 Å². The van der Waals surface area contributed by atoms with Crippen LogP contribution in [0.25, 0.3) is 0 Å². The van der Waals surface area contributed by atoms with Gasteiger partial charge in [-0.2, -0.15) is 0 Å². The van der Waals surface area contributed by atoms with Crippen LogP contribution in [0.3, 0.4) is 0 Å². The summed E-state index contributed by atoms with van der Waals surface area (Å²) in [6.07, 6.45) is 1.39. The molecule has 0 atom stereocenters. The maximum Gasteiger partial charge on any atom is 0.372 e. The van der Waals surface area contributed by atoms with E-state index in [1.165, 1.54) is 30.5 Å². The third-order valence-electron chi connectivity index (χ3n) is 4.02. The maximum absolute atomic E-state index is 13.0. The fourth-order valence-corrected chi connectivity index (χ4v) is 2.74. The van der Waals surface area contributed by atoms with Gasteiger partial charge in [-0.25, -0.2) is 9.18 Å². The Bertz CT molecular complexity index is 1060. The van der Waals surface area contributed by atoms with Crippen molar-refractivity contribution in [2.45, 2.75) is 6.61 Å². The van der Waals surface area contributed by atoms with Gasteiger partial charge in [0.1, 0.15) is 29.7 Å². The average Bonchev–Trinajstić information content (AvgIpc) is 2.77. The van der Waals surface area contributed by atoms with Gasteiger partial charge in [0.2, 0.25) is 0 Å². The van der Waals surface area contributed by atoms with Gasteiger partial charge in [-0.05, 0) is 66.2 Å². The van der Waals surface area contributed by atoms with Gasteiger partial charge in [-0.15, -0.1) is 0 Å². The summed E-state index contributed by atoms with van der Waals surface area (Å²) < 4.78 is 29.3. The molecule has 0 fully saturated rings. The van der Waals surface area contributed by atoms with Crippen LogP contribution in [-0.4, -0.2) is 25.9 Å². The van der Waals surface area contributed by atoms with Crippen LogP contribution in [0.2, 0.25) is 5.02 Å². The maximum atomic E-state index is 13.0. The van der Waals surface area contributed by atoms with Crippen molar-refractivity contribution in [2.75, 3.05) is 13.7 Å². The van der Waals surface area contributed by atoms with Gasteiger partial charge in [0.25, 0.3) is 0 Å². The van der Waals surface area contributed by atoms with E-state index in [1.807, 2.05) is 0 Å². The lowest BCUT2D eigenvalue weighted by Crippen LogP contribution is -2.12. The molecule has 0 aliphatic rings. The number of hydrogen-bond acceptors (Lipinski definition) is 6. The lowest BCUT2D eigenvalue weighted by molar-refractivity contribution is -0.145. The van der Waals surface area contributed by atoms with Crippen molar-refractivity contribution >= 4 is 23.8 Å². The molecule has 160 valence electrons. The number of nitrogens with zero attached hydrogens (tertiary/aromatic N) is 1. The molecular weight excluding hydrogens is 425 g/mol. The van der Waals surface area contributed by atoms with Gasteiger partial charge in [-0.1, -0.05) is 22.8 Å². The van der Waals surface area contributed by atoms with E-state index in [-0.39, 0.29) is 19.0 Å². The van der Waals surface area contributed by atoms with Crippen LogP contribution in [0.1, 0.15) is 11.1 Å². The second kappa shape index (κ2) is 11.0. The number of rotatable bonds is 9. The van der Waals surface area contributed by atoms with E-state index >= 15 is 0 Å². The first-order chi connectivity index (χ1) is 15.0. The minimum atomic E-state index is -0.662. The predicted octanol–water partition coefficient (Wildman–Crippen LogP) is 5.02. The molecule has 8 heteroatoms. The number of oxime groups is 1. The Hall–Kier alpha value is -3.58. The number of methoxy groups -OCH3 is 1. The summed E-state index contributed by atoms with van der Waals surface area (Å²) in [6.45, 7) is -0.110. The van der Waals surface area contributed by atoms with E-state index in [9.17, 15) is 9.18 Å². The predicted molar refractivity (Wildman–Crippen MR) is 114 cm³/mol. The van der Waals surface area contributed by atoms with Gasteiger partial charge in [0, 0.05) is 10.6 Å². The highest BCUT2D eigenvalue weighted by Gasteiger charge is 2.07. The highest BCUT2D eigenvalue weighted by molar-refractivity contribution is 6.30. The van der Waals surface area contributed by atoms with Crippen LogP contribution in [0.15, 0.2) is 71.9 Å². The topological polar surface area (TPSA) is 66.4 Å². The summed E-state index contributed by atoms with van der Waals surface area (Å²) in [5.41, 5.74) is 1.41. The number of halogens is 2. The van der Waals surface area contributed by atoms with E-state index in [0.29, 0.717) is 27.8 Å². The zero-order chi connectivity index (χ0) is 22.1. The molecule has 0 radical (unpaired) electrons. The molecule has 0 aliphatic carbocycles. The third kappa shape index (κ3) is 7.01. The Balaban J connectivity index is 1.55.